The second kappa shape index (κ2) is 5.88. The number of imidazole rings is 1. The average molecular weight is 332 g/mol. The lowest BCUT2D eigenvalue weighted by molar-refractivity contribution is 0.308. The van der Waals surface area contributed by atoms with E-state index >= 15 is 0 Å². The van der Waals surface area contributed by atoms with Gasteiger partial charge in [0.2, 0.25) is 5.95 Å². The minimum absolute atomic E-state index is 0.767. The van der Waals surface area contributed by atoms with Gasteiger partial charge in [-0.3, -0.25) is 4.90 Å². The molecule has 25 heavy (non-hydrogen) atoms. The molecular formula is C21H24N4. The van der Waals surface area contributed by atoms with Gasteiger partial charge in [-0.25, -0.2) is 4.98 Å². The topological polar surface area (TPSA) is 24.3 Å². The molecule has 0 radical (unpaired) electrons. The van der Waals surface area contributed by atoms with Crippen molar-refractivity contribution in [2.24, 2.45) is 18.9 Å². The fourth-order valence-corrected chi connectivity index (χ4v) is 4.64. The van der Waals surface area contributed by atoms with Gasteiger partial charge in [-0.1, -0.05) is 42.5 Å². The first-order valence-electron chi connectivity index (χ1n) is 9.20. The van der Waals surface area contributed by atoms with E-state index in [9.17, 15) is 0 Å². The van der Waals surface area contributed by atoms with Crippen molar-refractivity contribution in [3.8, 4) is 0 Å². The SMILES string of the molecule is Cn1c(N2CC3CN(Cc4ccccc4)CC3C2)nc2ccccc21. The Morgan fingerprint density at radius 1 is 0.880 bits per heavy atom. The van der Waals surface area contributed by atoms with E-state index in [0.29, 0.717) is 0 Å². The average Bonchev–Trinajstić information content (AvgIpc) is 3.28. The maximum Gasteiger partial charge on any atom is 0.206 e. The fourth-order valence-electron chi connectivity index (χ4n) is 4.64. The lowest BCUT2D eigenvalue weighted by Crippen LogP contribution is -2.30. The lowest BCUT2D eigenvalue weighted by Gasteiger charge is -2.22. The maximum absolute atomic E-state index is 4.88. The summed E-state index contributed by atoms with van der Waals surface area (Å²) in [6, 6.07) is 19.3. The Balaban J connectivity index is 1.29. The maximum atomic E-state index is 4.88. The van der Waals surface area contributed by atoms with E-state index in [1.54, 1.807) is 0 Å². The lowest BCUT2D eigenvalue weighted by atomic mass is 10.0. The van der Waals surface area contributed by atoms with E-state index < -0.39 is 0 Å². The van der Waals surface area contributed by atoms with Crippen molar-refractivity contribution in [3.63, 3.8) is 0 Å². The third-order valence-electron chi connectivity index (χ3n) is 5.86. The first-order chi connectivity index (χ1) is 12.3. The zero-order valence-electron chi connectivity index (χ0n) is 14.7. The number of nitrogens with zero attached hydrogens (tertiary/aromatic N) is 4. The molecule has 2 unspecified atom stereocenters. The second-order valence-electron chi connectivity index (χ2n) is 7.56. The normalized spacial score (nSPS) is 23.5. The van der Waals surface area contributed by atoms with Crippen LogP contribution in [0.4, 0.5) is 5.95 Å². The molecule has 3 aromatic rings. The Bertz CT molecular complexity index is 871. The smallest absolute Gasteiger partial charge is 0.206 e. The number of benzene rings is 2. The highest BCUT2D eigenvalue weighted by molar-refractivity contribution is 5.78. The summed E-state index contributed by atoms with van der Waals surface area (Å²) >= 11 is 0. The van der Waals surface area contributed by atoms with E-state index in [2.05, 4.69) is 76.0 Å². The Hall–Kier alpha value is -2.33. The highest BCUT2D eigenvalue weighted by Crippen LogP contribution is 2.35. The number of aromatic nitrogens is 2. The summed E-state index contributed by atoms with van der Waals surface area (Å²) in [7, 11) is 2.14. The van der Waals surface area contributed by atoms with Gasteiger partial charge >= 0.3 is 0 Å². The van der Waals surface area contributed by atoms with Gasteiger partial charge in [0.25, 0.3) is 0 Å². The largest absolute Gasteiger partial charge is 0.342 e. The number of fused-ring (bicyclic) bond motifs is 2. The van der Waals surface area contributed by atoms with E-state index in [4.69, 9.17) is 4.98 Å². The molecule has 0 spiro atoms. The highest BCUT2D eigenvalue weighted by Gasteiger charge is 2.41. The van der Waals surface area contributed by atoms with Gasteiger partial charge in [0.15, 0.2) is 0 Å². The minimum Gasteiger partial charge on any atom is -0.342 e. The van der Waals surface area contributed by atoms with Gasteiger partial charge in [-0.2, -0.15) is 0 Å². The number of likely N-dealkylation sites (tertiary alicyclic amines) is 1. The van der Waals surface area contributed by atoms with Gasteiger partial charge in [-0.15, -0.1) is 0 Å². The molecule has 2 aliphatic rings. The van der Waals surface area contributed by atoms with Gasteiger partial charge in [0, 0.05) is 39.8 Å². The van der Waals surface area contributed by atoms with Crippen molar-refractivity contribution in [3.05, 3.63) is 60.2 Å². The summed E-state index contributed by atoms with van der Waals surface area (Å²) in [6.07, 6.45) is 0. The number of hydrogen-bond donors (Lipinski definition) is 0. The monoisotopic (exact) mass is 332 g/mol. The molecule has 3 heterocycles. The van der Waals surface area contributed by atoms with Crippen molar-refractivity contribution in [1.82, 2.24) is 14.5 Å². The minimum atomic E-state index is 0.767. The molecule has 0 bridgehead atoms. The van der Waals surface area contributed by atoms with Gasteiger partial charge < -0.3 is 9.47 Å². The molecule has 2 atom stereocenters. The predicted molar refractivity (Wildman–Crippen MR) is 102 cm³/mol. The van der Waals surface area contributed by atoms with Crippen LogP contribution in [0, 0.1) is 11.8 Å². The van der Waals surface area contributed by atoms with Crippen LogP contribution in [-0.2, 0) is 13.6 Å². The van der Waals surface area contributed by atoms with Crippen molar-refractivity contribution in [2.45, 2.75) is 6.54 Å². The first kappa shape index (κ1) is 15.0. The molecule has 0 saturated carbocycles. The number of aryl methyl sites for hydroxylation is 1. The number of para-hydroxylation sites is 2. The van der Waals surface area contributed by atoms with E-state index in [0.717, 1.165) is 42.9 Å². The summed E-state index contributed by atoms with van der Waals surface area (Å²) in [4.78, 5) is 10.0. The van der Waals surface area contributed by atoms with Gasteiger partial charge in [0.05, 0.1) is 11.0 Å². The first-order valence-corrected chi connectivity index (χ1v) is 9.20. The molecule has 0 amide bonds. The van der Waals surface area contributed by atoms with Crippen LogP contribution in [0.1, 0.15) is 5.56 Å². The molecule has 4 nitrogen and oxygen atoms in total. The van der Waals surface area contributed by atoms with Crippen LogP contribution in [0.5, 0.6) is 0 Å². The van der Waals surface area contributed by atoms with Crippen LogP contribution in [-0.4, -0.2) is 40.6 Å². The number of anilines is 1. The van der Waals surface area contributed by atoms with Crippen molar-refractivity contribution >= 4 is 17.0 Å². The number of rotatable bonds is 3. The Kier molecular flexibility index (Phi) is 3.52. The quantitative estimate of drug-likeness (QED) is 0.736. The summed E-state index contributed by atoms with van der Waals surface area (Å²) in [5.74, 6) is 2.66. The van der Waals surface area contributed by atoms with Gasteiger partial charge in [0.1, 0.15) is 0 Å². The molecule has 2 saturated heterocycles. The van der Waals surface area contributed by atoms with E-state index in [-0.39, 0.29) is 0 Å². The molecule has 4 heteroatoms. The molecular weight excluding hydrogens is 308 g/mol. The fraction of sp³-hybridized carbons (Fsp3) is 0.381. The van der Waals surface area contributed by atoms with Crippen LogP contribution in [0.25, 0.3) is 11.0 Å². The van der Waals surface area contributed by atoms with E-state index in [1.165, 1.54) is 24.2 Å². The number of hydrogen-bond acceptors (Lipinski definition) is 3. The zero-order chi connectivity index (χ0) is 16.8. The second-order valence-corrected chi connectivity index (χ2v) is 7.56. The zero-order valence-corrected chi connectivity index (χ0v) is 14.7. The molecule has 2 aliphatic heterocycles. The van der Waals surface area contributed by atoms with Crippen LogP contribution < -0.4 is 4.90 Å². The summed E-state index contributed by atoms with van der Waals surface area (Å²) in [6.45, 7) is 5.76. The molecule has 2 aromatic carbocycles. The Labute approximate surface area is 148 Å². The van der Waals surface area contributed by atoms with Crippen molar-refractivity contribution in [1.29, 1.82) is 0 Å². The van der Waals surface area contributed by atoms with E-state index in [1.807, 2.05) is 0 Å². The van der Waals surface area contributed by atoms with Crippen molar-refractivity contribution < 1.29 is 0 Å². The Morgan fingerprint density at radius 2 is 1.56 bits per heavy atom. The molecule has 128 valence electrons. The molecule has 1 aromatic heterocycles. The van der Waals surface area contributed by atoms with Crippen molar-refractivity contribution in [2.75, 3.05) is 31.1 Å². The third kappa shape index (κ3) is 2.61. The predicted octanol–water partition coefficient (Wildman–Crippen LogP) is 3.14. The summed E-state index contributed by atoms with van der Waals surface area (Å²) in [5, 5.41) is 0. The van der Waals surface area contributed by atoms with Crippen LogP contribution in [0.3, 0.4) is 0 Å². The van der Waals surface area contributed by atoms with Crippen LogP contribution in [0.2, 0.25) is 0 Å². The van der Waals surface area contributed by atoms with Gasteiger partial charge in [-0.05, 0) is 29.5 Å². The standard InChI is InChI=1S/C21H24N4/c1-23-20-10-6-5-9-19(20)22-21(23)25-14-17-12-24(13-18(17)15-25)11-16-7-3-2-4-8-16/h2-10,17-18H,11-15H2,1H3. The summed E-state index contributed by atoms with van der Waals surface area (Å²) < 4.78 is 2.25. The summed E-state index contributed by atoms with van der Waals surface area (Å²) in [5.41, 5.74) is 3.75. The molecule has 2 fully saturated rings. The van der Waals surface area contributed by atoms with Crippen LogP contribution >= 0.6 is 0 Å². The Morgan fingerprint density at radius 3 is 2.28 bits per heavy atom. The highest BCUT2D eigenvalue weighted by atomic mass is 15.3. The molecule has 5 rings (SSSR count). The molecule has 0 aliphatic carbocycles. The third-order valence-corrected chi connectivity index (χ3v) is 5.86. The van der Waals surface area contributed by atoms with Crippen LogP contribution in [0.15, 0.2) is 54.6 Å². The molecule has 0 N–H and O–H groups in total.